The zero-order chi connectivity index (χ0) is 18.1. The van der Waals surface area contributed by atoms with Gasteiger partial charge in [-0.3, -0.25) is 10.1 Å². The summed E-state index contributed by atoms with van der Waals surface area (Å²) in [7, 11) is 0. The second kappa shape index (κ2) is 6.96. The number of nitriles is 1. The van der Waals surface area contributed by atoms with Crippen LogP contribution in [0.5, 0.6) is 0 Å². The molecule has 5 nitrogen and oxygen atoms in total. The molecule has 1 aromatic rings. The molecule has 0 atom stereocenters. The lowest BCUT2D eigenvalue weighted by Crippen LogP contribution is -2.51. The molecule has 4 bridgehead atoms. The highest BCUT2D eigenvalue weighted by Gasteiger charge is 2.54. The molecule has 4 aliphatic rings. The number of carbonyl (C=O) groups is 1. The minimum Gasteiger partial charge on any atom is -0.326 e. The van der Waals surface area contributed by atoms with Crippen LogP contribution in [0.3, 0.4) is 0 Å². The molecule has 136 valence electrons. The minimum atomic E-state index is -0.152. The lowest BCUT2D eigenvalue weighted by Gasteiger charge is -2.55. The topological polar surface area (TPSA) is 77.3 Å². The van der Waals surface area contributed by atoms with Gasteiger partial charge >= 0.3 is 0 Å². The van der Waals surface area contributed by atoms with E-state index in [2.05, 4.69) is 15.6 Å². The monoisotopic (exact) mass is 368 g/mol. The molecule has 4 fully saturated rings. The van der Waals surface area contributed by atoms with Crippen LogP contribution in [0.15, 0.2) is 29.3 Å². The van der Waals surface area contributed by atoms with Gasteiger partial charge in [-0.1, -0.05) is 17.8 Å². The Balaban J connectivity index is 1.50. The van der Waals surface area contributed by atoms with E-state index in [0.29, 0.717) is 5.17 Å². The maximum Gasteiger partial charge on any atom is 0.230 e. The lowest BCUT2D eigenvalue weighted by atomic mass is 9.49. The first kappa shape index (κ1) is 17.4. The van der Waals surface area contributed by atoms with Gasteiger partial charge in [0.2, 0.25) is 5.91 Å². The van der Waals surface area contributed by atoms with Crippen LogP contribution >= 0.6 is 11.8 Å². The molecule has 6 heteroatoms. The third-order valence-electron chi connectivity index (χ3n) is 6.21. The minimum absolute atomic E-state index is 0.152. The number of carbonyl (C=O) groups excluding carboxylic acids is 1. The van der Waals surface area contributed by atoms with Gasteiger partial charge in [-0.25, -0.2) is 4.99 Å². The molecule has 2 N–H and O–H groups in total. The third kappa shape index (κ3) is 3.33. The van der Waals surface area contributed by atoms with E-state index in [0.717, 1.165) is 48.4 Å². The van der Waals surface area contributed by atoms with Crippen molar-refractivity contribution < 1.29 is 4.79 Å². The number of thioether (sulfide) groups is 1. The van der Waals surface area contributed by atoms with Crippen LogP contribution in [-0.4, -0.2) is 17.3 Å². The fourth-order valence-electron chi connectivity index (χ4n) is 5.60. The molecule has 0 aliphatic heterocycles. The fraction of sp³-hybridized carbons (Fsp3) is 0.550. The van der Waals surface area contributed by atoms with Gasteiger partial charge in [0.1, 0.15) is 0 Å². The van der Waals surface area contributed by atoms with Crippen molar-refractivity contribution in [3.63, 3.8) is 0 Å². The van der Waals surface area contributed by atoms with Gasteiger partial charge in [-0.15, -0.1) is 0 Å². The molecule has 0 unspecified atom stereocenters. The van der Waals surface area contributed by atoms with Crippen molar-refractivity contribution in [2.75, 3.05) is 11.6 Å². The molecule has 1 amide bonds. The van der Waals surface area contributed by atoms with Crippen molar-refractivity contribution in [2.24, 2.45) is 28.2 Å². The fourth-order valence-corrected chi connectivity index (χ4v) is 5.94. The highest BCUT2D eigenvalue weighted by molar-refractivity contribution is 8.13. The second-order valence-corrected chi connectivity index (χ2v) is 8.86. The van der Waals surface area contributed by atoms with Crippen molar-refractivity contribution in [3.05, 3.63) is 24.3 Å². The summed E-state index contributed by atoms with van der Waals surface area (Å²) in [5.74, 6) is 2.45. The standard InChI is InChI=1S/C20H24N4OS/c1-26-19(22-12-21)24-17-4-2-3-16(8-17)23-18(25)20-9-13-5-14(10-20)7-15(6-13)11-20/h2-4,8,13-15H,5-7,9-11H2,1H3,(H,22,24)(H,23,25). The second-order valence-electron chi connectivity index (χ2n) is 8.06. The Morgan fingerprint density at radius 3 is 2.46 bits per heavy atom. The molecule has 5 rings (SSSR count). The van der Waals surface area contributed by atoms with Crippen LogP contribution in [0, 0.1) is 34.6 Å². The molecule has 0 saturated heterocycles. The molecule has 0 radical (unpaired) electrons. The van der Waals surface area contributed by atoms with E-state index >= 15 is 0 Å². The summed E-state index contributed by atoms with van der Waals surface area (Å²) < 4.78 is 0. The molecular weight excluding hydrogens is 344 g/mol. The maximum absolute atomic E-state index is 13.2. The van der Waals surface area contributed by atoms with E-state index in [4.69, 9.17) is 5.26 Å². The Labute approximate surface area is 158 Å². The lowest BCUT2D eigenvalue weighted by molar-refractivity contribution is -0.140. The summed E-state index contributed by atoms with van der Waals surface area (Å²) in [5, 5.41) is 15.0. The average molecular weight is 369 g/mol. The molecule has 0 heterocycles. The van der Waals surface area contributed by atoms with E-state index in [1.165, 1.54) is 31.0 Å². The Kier molecular flexibility index (Phi) is 4.66. The average Bonchev–Trinajstić information content (AvgIpc) is 2.60. The largest absolute Gasteiger partial charge is 0.326 e. The van der Waals surface area contributed by atoms with E-state index in [-0.39, 0.29) is 11.3 Å². The Bertz CT molecular complexity index is 747. The zero-order valence-corrected chi connectivity index (χ0v) is 15.8. The van der Waals surface area contributed by atoms with Crippen molar-refractivity contribution in [1.29, 1.82) is 5.26 Å². The highest BCUT2D eigenvalue weighted by Crippen LogP contribution is 2.60. The number of nitrogens with zero attached hydrogens (tertiary/aromatic N) is 2. The quantitative estimate of drug-likeness (QED) is 0.362. The van der Waals surface area contributed by atoms with Gasteiger partial charge in [0.05, 0.1) is 11.1 Å². The third-order valence-corrected chi connectivity index (χ3v) is 6.79. The summed E-state index contributed by atoms with van der Waals surface area (Å²) in [4.78, 5) is 17.6. The van der Waals surface area contributed by atoms with E-state index in [1.54, 1.807) is 0 Å². The van der Waals surface area contributed by atoms with E-state index in [1.807, 2.05) is 36.7 Å². The van der Waals surface area contributed by atoms with Crippen molar-refractivity contribution in [1.82, 2.24) is 5.32 Å². The van der Waals surface area contributed by atoms with Crippen LogP contribution < -0.4 is 10.6 Å². The van der Waals surface area contributed by atoms with Gasteiger partial charge in [0.25, 0.3) is 0 Å². The number of rotatable bonds is 3. The molecule has 4 aliphatic carbocycles. The molecule has 26 heavy (non-hydrogen) atoms. The first-order valence-corrected chi connectivity index (χ1v) is 10.5. The highest BCUT2D eigenvalue weighted by atomic mass is 32.2. The van der Waals surface area contributed by atoms with Crippen LogP contribution in [0.25, 0.3) is 0 Å². The number of hydrogen-bond donors (Lipinski definition) is 2. The molecule has 4 saturated carbocycles. The Hall–Kier alpha value is -2.00. The Morgan fingerprint density at radius 1 is 1.23 bits per heavy atom. The number of nitrogens with one attached hydrogen (secondary N) is 2. The first-order valence-electron chi connectivity index (χ1n) is 9.29. The van der Waals surface area contributed by atoms with E-state index in [9.17, 15) is 4.79 Å². The van der Waals surface area contributed by atoms with Crippen molar-refractivity contribution in [2.45, 2.75) is 38.5 Å². The van der Waals surface area contributed by atoms with E-state index < -0.39 is 0 Å². The summed E-state index contributed by atoms with van der Waals surface area (Å²) >= 11 is 1.38. The number of amides is 1. The summed E-state index contributed by atoms with van der Waals surface area (Å²) in [6, 6.07) is 7.54. The summed E-state index contributed by atoms with van der Waals surface area (Å²) in [6.07, 6.45) is 10.9. The SMILES string of the molecule is CSC(=Nc1cccc(NC(=O)C23CC4CC(CC(C4)C2)C3)c1)NC#N. The summed E-state index contributed by atoms with van der Waals surface area (Å²) in [6.45, 7) is 0. The number of amidine groups is 1. The zero-order valence-electron chi connectivity index (χ0n) is 15.0. The van der Waals surface area contributed by atoms with Gasteiger partial charge < -0.3 is 5.32 Å². The Morgan fingerprint density at radius 2 is 1.88 bits per heavy atom. The predicted molar refractivity (Wildman–Crippen MR) is 105 cm³/mol. The van der Waals surface area contributed by atoms with Crippen molar-refractivity contribution in [3.8, 4) is 6.19 Å². The number of benzene rings is 1. The van der Waals surface area contributed by atoms with Crippen LogP contribution in [0.2, 0.25) is 0 Å². The maximum atomic E-state index is 13.2. The molecule has 0 spiro atoms. The number of anilines is 1. The summed E-state index contributed by atoms with van der Waals surface area (Å²) in [5.41, 5.74) is 1.35. The van der Waals surface area contributed by atoms with Crippen molar-refractivity contribution >= 4 is 34.2 Å². The molecular formula is C20H24N4OS. The number of aliphatic imine (C=N–C) groups is 1. The van der Waals surface area contributed by atoms with Gasteiger partial charge in [-0.2, -0.15) is 5.26 Å². The normalized spacial score (nSPS) is 32.2. The number of hydrogen-bond acceptors (Lipinski definition) is 4. The van der Waals surface area contributed by atoms with Gasteiger partial charge in [-0.05, 0) is 80.7 Å². The van der Waals surface area contributed by atoms with Gasteiger partial charge in [0, 0.05) is 5.69 Å². The smallest absolute Gasteiger partial charge is 0.230 e. The van der Waals surface area contributed by atoms with Gasteiger partial charge in [0.15, 0.2) is 11.4 Å². The van der Waals surface area contributed by atoms with Crippen LogP contribution in [-0.2, 0) is 4.79 Å². The first-order chi connectivity index (χ1) is 12.6. The molecule has 0 aromatic heterocycles. The van der Waals surface area contributed by atoms with Crippen LogP contribution in [0.4, 0.5) is 11.4 Å². The molecule has 1 aromatic carbocycles. The predicted octanol–water partition coefficient (Wildman–Crippen LogP) is 4.26. The van der Waals surface area contributed by atoms with Crippen LogP contribution in [0.1, 0.15) is 38.5 Å².